The first-order valence-corrected chi connectivity index (χ1v) is 11.6. The molecular formula is C27H21BrO2S. The highest BCUT2D eigenvalue weighted by atomic mass is 79.9. The monoisotopic (exact) mass is 488 g/mol. The molecule has 2 nitrogen and oxygen atoms in total. The largest absolute Gasteiger partial charge is 0.508 e. The van der Waals surface area contributed by atoms with Gasteiger partial charge in [-0.1, -0.05) is 70.5 Å². The summed E-state index contributed by atoms with van der Waals surface area (Å²) in [5, 5.41) is 23.1. The summed E-state index contributed by atoms with van der Waals surface area (Å²) in [6.07, 6.45) is 0. The van der Waals surface area contributed by atoms with Crippen LogP contribution in [0.4, 0.5) is 0 Å². The molecule has 5 aromatic rings. The van der Waals surface area contributed by atoms with Crippen molar-refractivity contribution in [2.24, 2.45) is 0 Å². The van der Waals surface area contributed by atoms with Gasteiger partial charge < -0.3 is 10.2 Å². The van der Waals surface area contributed by atoms with Gasteiger partial charge in [0.1, 0.15) is 11.5 Å². The summed E-state index contributed by atoms with van der Waals surface area (Å²) >= 11 is 5.22. The van der Waals surface area contributed by atoms with Crippen molar-refractivity contribution in [3.63, 3.8) is 0 Å². The fraction of sp³-hybridized carbons (Fsp3) is 0.0370. The molecule has 0 aromatic heterocycles. The Bertz CT molecular complexity index is 1280. The van der Waals surface area contributed by atoms with Crippen LogP contribution in [-0.2, 0) is 5.75 Å². The maximum Gasteiger partial charge on any atom is 0.116 e. The van der Waals surface area contributed by atoms with Gasteiger partial charge in [-0.05, 0) is 75.6 Å². The molecule has 0 radical (unpaired) electrons. The van der Waals surface area contributed by atoms with E-state index in [0.29, 0.717) is 11.5 Å². The molecule has 0 saturated heterocycles. The number of phenols is 2. The molecule has 31 heavy (non-hydrogen) atoms. The molecule has 5 rings (SSSR count). The Morgan fingerprint density at radius 1 is 0.581 bits per heavy atom. The molecule has 0 unspecified atom stereocenters. The summed E-state index contributed by atoms with van der Waals surface area (Å²) in [5.74, 6) is 1.60. The van der Waals surface area contributed by atoms with Crippen molar-refractivity contribution in [2.75, 3.05) is 0 Å². The topological polar surface area (TPSA) is 40.5 Å². The Morgan fingerprint density at radius 3 is 1.81 bits per heavy atom. The summed E-state index contributed by atoms with van der Waals surface area (Å²) in [5.41, 5.74) is 1.33. The molecule has 154 valence electrons. The number of phenolic OH excluding ortho intramolecular Hbond substituents is 2. The number of aromatic hydroxyl groups is 2. The Balaban J connectivity index is 0.000000166. The maximum atomic E-state index is 9.45. The van der Waals surface area contributed by atoms with Gasteiger partial charge >= 0.3 is 0 Å². The van der Waals surface area contributed by atoms with E-state index < -0.39 is 0 Å². The van der Waals surface area contributed by atoms with Crippen molar-refractivity contribution in [3.05, 3.63) is 113 Å². The molecule has 0 saturated carbocycles. The molecule has 0 aliphatic heterocycles. The third-order valence-electron chi connectivity index (χ3n) is 4.83. The van der Waals surface area contributed by atoms with Crippen LogP contribution in [0.2, 0.25) is 0 Å². The number of hydrogen-bond donors (Lipinski definition) is 2. The lowest BCUT2D eigenvalue weighted by Crippen LogP contribution is -1.80. The van der Waals surface area contributed by atoms with Crippen LogP contribution in [0, 0.1) is 0 Å². The summed E-state index contributed by atoms with van der Waals surface area (Å²) in [4.78, 5) is 1.25. The summed E-state index contributed by atoms with van der Waals surface area (Å²) in [6, 6.07) is 33.6. The number of fused-ring (bicyclic) bond motifs is 2. The smallest absolute Gasteiger partial charge is 0.116 e. The van der Waals surface area contributed by atoms with Crippen LogP contribution in [0.1, 0.15) is 5.56 Å². The summed E-state index contributed by atoms with van der Waals surface area (Å²) in [6.45, 7) is 0. The molecule has 0 aliphatic carbocycles. The molecule has 5 aromatic carbocycles. The Hall–Kier alpha value is -2.95. The SMILES string of the molecule is Oc1ccc2cc(Br)ccc2c1.Oc1ccc2cc(SCc3ccccc3)ccc2c1. The molecule has 0 spiro atoms. The van der Waals surface area contributed by atoms with Crippen molar-refractivity contribution in [2.45, 2.75) is 10.6 Å². The van der Waals surface area contributed by atoms with E-state index in [2.05, 4.69) is 58.4 Å². The molecular weight excluding hydrogens is 468 g/mol. The lowest BCUT2D eigenvalue weighted by atomic mass is 10.1. The van der Waals surface area contributed by atoms with Gasteiger partial charge in [-0.25, -0.2) is 0 Å². The van der Waals surface area contributed by atoms with E-state index >= 15 is 0 Å². The lowest BCUT2D eigenvalue weighted by molar-refractivity contribution is 0.475. The van der Waals surface area contributed by atoms with Crippen LogP contribution in [0.3, 0.4) is 0 Å². The zero-order chi connectivity index (χ0) is 21.6. The van der Waals surface area contributed by atoms with Gasteiger partial charge in [-0.3, -0.25) is 0 Å². The second kappa shape index (κ2) is 9.90. The third kappa shape index (κ3) is 5.81. The minimum absolute atomic E-state index is 0.310. The predicted molar refractivity (Wildman–Crippen MR) is 135 cm³/mol. The third-order valence-corrected chi connectivity index (χ3v) is 6.39. The van der Waals surface area contributed by atoms with Gasteiger partial charge in [-0.15, -0.1) is 11.8 Å². The first kappa shape index (κ1) is 21.3. The van der Waals surface area contributed by atoms with E-state index in [1.165, 1.54) is 10.5 Å². The lowest BCUT2D eigenvalue weighted by Gasteiger charge is -2.04. The first-order chi connectivity index (χ1) is 15.1. The average Bonchev–Trinajstić information content (AvgIpc) is 2.79. The van der Waals surface area contributed by atoms with Crippen LogP contribution >= 0.6 is 27.7 Å². The van der Waals surface area contributed by atoms with Crippen molar-refractivity contribution in [3.8, 4) is 11.5 Å². The predicted octanol–water partition coefficient (Wildman–Crippen LogP) is 8.15. The van der Waals surface area contributed by atoms with Crippen molar-refractivity contribution in [1.82, 2.24) is 0 Å². The van der Waals surface area contributed by atoms with Gasteiger partial charge in [0.2, 0.25) is 0 Å². The van der Waals surface area contributed by atoms with Crippen LogP contribution in [0.15, 0.2) is 112 Å². The highest BCUT2D eigenvalue weighted by molar-refractivity contribution is 9.10. The molecule has 0 amide bonds. The van der Waals surface area contributed by atoms with E-state index in [4.69, 9.17) is 0 Å². The fourth-order valence-electron chi connectivity index (χ4n) is 3.25. The molecule has 0 fully saturated rings. The molecule has 0 aliphatic rings. The number of benzene rings is 5. The normalized spacial score (nSPS) is 10.6. The first-order valence-electron chi connectivity index (χ1n) is 9.85. The van der Waals surface area contributed by atoms with Gasteiger partial charge in [0.05, 0.1) is 0 Å². The summed E-state index contributed by atoms with van der Waals surface area (Å²) < 4.78 is 1.06. The second-order valence-corrected chi connectivity index (χ2v) is 9.11. The van der Waals surface area contributed by atoms with Crippen molar-refractivity contribution in [1.29, 1.82) is 0 Å². The van der Waals surface area contributed by atoms with E-state index in [1.807, 2.05) is 48.2 Å². The van der Waals surface area contributed by atoms with Gasteiger partial charge in [0, 0.05) is 15.1 Å². The Kier molecular flexibility index (Phi) is 6.80. The zero-order valence-corrected chi connectivity index (χ0v) is 19.1. The van der Waals surface area contributed by atoms with Gasteiger partial charge in [-0.2, -0.15) is 0 Å². The number of thioether (sulfide) groups is 1. The number of halogens is 1. The minimum atomic E-state index is 0.310. The van der Waals surface area contributed by atoms with Crippen molar-refractivity contribution >= 4 is 49.2 Å². The zero-order valence-electron chi connectivity index (χ0n) is 16.7. The second-order valence-electron chi connectivity index (χ2n) is 7.14. The van der Waals surface area contributed by atoms with E-state index in [0.717, 1.165) is 31.8 Å². The Labute approximate surface area is 194 Å². The van der Waals surface area contributed by atoms with Crippen LogP contribution in [0.5, 0.6) is 11.5 Å². The standard InChI is InChI=1S/C17H14OS.C10H7BrO/c18-16-8-6-15-11-17(9-7-14(15)10-16)19-12-13-4-2-1-3-5-13;11-9-3-1-8-6-10(12)4-2-7(8)5-9/h1-11,18H,12H2;1-6,12H. The number of hydrogen-bond acceptors (Lipinski definition) is 3. The molecule has 4 heteroatoms. The van der Waals surface area contributed by atoms with Crippen LogP contribution in [-0.4, -0.2) is 10.2 Å². The van der Waals surface area contributed by atoms with Crippen LogP contribution < -0.4 is 0 Å². The van der Waals surface area contributed by atoms with E-state index in [1.54, 1.807) is 24.3 Å². The quantitative estimate of drug-likeness (QED) is 0.251. The molecule has 0 bridgehead atoms. The van der Waals surface area contributed by atoms with Crippen LogP contribution in [0.25, 0.3) is 21.5 Å². The highest BCUT2D eigenvalue weighted by Gasteiger charge is 2.00. The number of rotatable bonds is 3. The molecule has 2 N–H and O–H groups in total. The molecule has 0 atom stereocenters. The van der Waals surface area contributed by atoms with Crippen molar-refractivity contribution < 1.29 is 10.2 Å². The van der Waals surface area contributed by atoms with E-state index in [9.17, 15) is 10.2 Å². The minimum Gasteiger partial charge on any atom is -0.508 e. The van der Waals surface area contributed by atoms with Gasteiger partial charge in [0.25, 0.3) is 0 Å². The summed E-state index contributed by atoms with van der Waals surface area (Å²) in [7, 11) is 0. The fourth-order valence-corrected chi connectivity index (χ4v) is 4.53. The highest BCUT2D eigenvalue weighted by Crippen LogP contribution is 2.28. The maximum absolute atomic E-state index is 9.45. The average molecular weight is 489 g/mol. The van der Waals surface area contributed by atoms with E-state index in [-0.39, 0.29) is 0 Å². The Morgan fingerprint density at radius 2 is 1.13 bits per heavy atom. The molecule has 0 heterocycles. The van der Waals surface area contributed by atoms with Gasteiger partial charge in [0.15, 0.2) is 0 Å².